The molecule has 6 heteroatoms. The van der Waals surface area contributed by atoms with Crippen molar-refractivity contribution in [1.82, 2.24) is 10.2 Å². The number of amides is 2. The lowest BCUT2D eigenvalue weighted by Crippen LogP contribution is -2.46. The molecule has 0 aliphatic carbocycles. The van der Waals surface area contributed by atoms with E-state index in [1.54, 1.807) is 26.1 Å². The summed E-state index contributed by atoms with van der Waals surface area (Å²) in [5, 5.41) is 2.83. The molecule has 0 aliphatic rings. The fraction of sp³-hybridized carbons (Fsp3) is 0.467. The molecule has 0 spiro atoms. The molecule has 116 valence electrons. The van der Waals surface area contributed by atoms with E-state index in [0.29, 0.717) is 16.8 Å². The van der Waals surface area contributed by atoms with Crippen LogP contribution in [0.15, 0.2) is 16.6 Å². The van der Waals surface area contributed by atoms with Gasteiger partial charge in [-0.25, -0.2) is 0 Å². The standard InChI is InChI=1S/C15H22BrN3O2/c1-9-11(6-10(16)7-12(9)17)14(21)19(5)8-13(20)18-15(2,3)4/h6-7H,8,17H2,1-5H3,(H,18,20). The van der Waals surface area contributed by atoms with Crippen molar-refractivity contribution in [2.24, 2.45) is 0 Å². The van der Waals surface area contributed by atoms with Crippen molar-refractivity contribution in [2.75, 3.05) is 19.3 Å². The Kier molecular flexibility index (Phi) is 5.39. The fourth-order valence-electron chi connectivity index (χ4n) is 1.87. The topological polar surface area (TPSA) is 75.4 Å². The van der Waals surface area contributed by atoms with E-state index >= 15 is 0 Å². The molecule has 0 atom stereocenters. The summed E-state index contributed by atoms with van der Waals surface area (Å²) in [7, 11) is 1.60. The zero-order valence-electron chi connectivity index (χ0n) is 13.1. The van der Waals surface area contributed by atoms with Crippen LogP contribution in [0.3, 0.4) is 0 Å². The highest BCUT2D eigenvalue weighted by molar-refractivity contribution is 9.10. The van der Waals surface area contributed by atoms with Gasteiger partial charge in [-0.2, -0.15) is 0 Å². The first kappa shape index (κ1) is 17.5. The average molecular weight is 356 g/mol. The maximum atomic E-state index is 12.4. The van der Waals surface area contributed by atoms with E-state index in [1.165, 1.54) is 4.90 Å². The first-order chi connectivity index (χ1) is 9.51. The van der Waals surface area contributed by atoms with Gasteiger partial charge in [0.05, 0.1) is 6.54 Å². The molecule has 0 heterocycles. The summed E-state index contributed by atoms with van der Waals surface area (Å²) >= 11 is 3.33. The zero-order valence-corrected chi connectivity index (χ0v) is 14.7. The molecule has 2 amide bonds. The number of halogens is 1. The lowest BCUT2D eigenvalue weighted by Gasteiger charge is -2.24. The van der Waals surface area contributed by atoms with Crippen LogP contribution in [0.5, 0.6) is 0 Å². The van der Waals surface area contributed by atoms with Gasteiger partial charge >= 0.3 is 0 Å². The number of hydrogen-bond donors (Lipinski definition) is 2. The van der Waals surface area contributed by atoms with Gasteiger partial charge in [0.2, 0.25) is 5.91 Å². The Morgan fingerprint density at radius 1 is 1.33 bits per heavy atom. The van der Waals surface area contributed by atoms with Crippen LogP contribution in [-0.4, -0.2) is 35.8 Å². The highest BCUT2D eigenvalue weighted by atomic mass is 79.9. The summed E-state index contributed by atoms with van der Waals surface area (Å²) in [5.74, 6) is -0.427. The fourth-order valence-corrected chi connectivity index (χ4v) is 2.35. The first-order valence-electron chi connectivity index (χ1n) is 6.63. The van der Waals surface area contributed by atoms with E-state index in [4.69, 9.17) is 5.73 Å². The quantitative estimate of drug-likeness (QED) is 0.817. The van der Waals surface area contributed by atoms with Gasteiger partial charge in [-0.15, -0.1) is 0 Å². The van der Waals surface area contributed by atoms with Gasteiger partial charge in [0.15, 0.2) is 0 Å². The van der Waals surface area contributed by atoms with Gasteiger partial charge in [0.25, 0.3) is 5.91 Å². The number of nitrogen functional groups attached to an aromatic ring is 1. The number of rotatable bonds is 3. The summed E-state index contributed by atoms with van der Waals surface area (Å²) in [4.78, 5) is 25.7. The molecule has 0 aliphatic heterocycles. The summed E-state index contributed by atoms with van der Waals surface area (Å²) in [6, 6.07) is 3.46. The Bertz CT molecular complexity index is 565. The Morgan fingerprint density at radius 3 is 2.43 bits per heavy atom. The van der Waals surface area contributed by atoms with Crippen molar-refractivity contribution in [1.29, 1.82) is 0 Å². The second-order valence-electron chi connectivity index (χ2n) is 6.13. The van der Waals surface area contributed by atoms with Crippen LogP contribution in [0.1, 0.15) is 36.7 Å². The Balaban J connectivity index is 2.87. The third kappa shape index (κ3) is 5.04. The third-order valence-electron chi connectivity index (χ3n) is 2.88. The third-order valence-corrected chi connectivity index (χ3v) is 3.34. The van der Waals surface area contributed by atoms with E-state index in [9.17, 15) is 9.59 Å². The smallest absolute Gasteiger partial charge is 0.254 e. The summed E-state index contributed by atoms with van der Waals surface area (Å²) < 4.78 is 0.737. The van der Waals surface area contributed by atoms with E-state index in [0.717, 1.165) is 4.47 Å². The first-order valence-corrected chi connectivity index (χ1v) is 7.42. The van der Waals surface area contributed by atoms with Crippen molar-refractivity contribution in [3.8, 4) is 0 Å². The molecule has 5 nitrogen and oxygen atoms in total. The number of benzene rings is 1. The Hall–Kier alpha value is -1.56. The molecule has 0 unspecified atom stereocenters. The second-order valence-corrected chi connectivity index (χ2v) is 7.04. The highest BCUT2D eigenvalue weighted by Crippen LogP contribution is 2.23. The normalized spacial score (nSPS) is 11.1. The molecule has 0 radical (unpaired) electrons. The minimum atomic E-state index is -0.322. The van der Waals surface area contributed by atoms with E-state index in [-0.39, 0.29) is 23.9 Å². The van der Waals surface area contributed by atoms with Crippen molar-refractivity contribution in [3.05, 3.63) is 27.7 Å². The van der Waals surface area contributed by atoms with Gasteiger partial charge in [-0.1, -0.05) is 15.9 Å². The molecule has 1 rings (SSSR count). The molecule has 0 aromatic heterocycles. The van der Waals surface area contributed by atoms with Crippen LogP contribution in [-0.2, 0) is 4.79 Å². The van der Waals surface area contributed by atoms with Crippen molar-refractivity contribution >= 4 is 33.4 Å². The number of nitrogens with two attached hydrogens (primary N) is 1. The van der Waals surface area contributed by atoms with Gasteiger partial charge in [-0.3, -0.25) is 9.59 Å². The SMILES string of the molecule is Cc1c(N)cc(Br)cc1C(=O)N(C)CC(=O)NC(C)(C)C. The summed E-state index contributed by atoms with van der Waals surface area (Å²) in [6.45, 7) is 7.48. The minimum Gasteiger partial charge on any atom is -0.398 e. The largest absolute Gasteiger partial charge is 0.398 e. The predicted molar refractivity (Wildman–Crippen MR) is 88.1 cm³/mol. The molecule has 0 bridgehead atoms. The van der Waals surface area contributed by atoms with E-state index < -0.39 is 0 Å². The minimum absolute atomic E-state index is 0.00195. The van der Waals surface area contributed by atoms with Crippen molar-refractivity contribution < 1.29 is 9.59 Å². The maximum Gasteiger partial charge on any atom is 0.254 e. The molecule has 0 saturated heterocycles. The van der Waals surface area contributed by atoms with Gasteiger partial charge in [0.1, 0.15) is 0 Å². The molecule has 1 aromatic rings. The zero-order chi connectivity index (χ0) is 16.4. The summed E-state index contributed by atoms with van der Waals surface area (Å²) in [6.07, 6.45) is 0. The molecular formula is C15H22BrN3O2. The molecule has 1 aromatic carbocycles. The maximum absolute atomic E-state index is 12.4. The van der Waals surface area contributed by atoms with Crippen molar-refractivity contribution in [2.45, 2.75) is 33.2 Å². The van der Waals surface area contributed by atoms with Crippen LogP contribution in [0.2, 0.25) is 0 Å². The number of nitrogens with one attached hydrogen (secondary N) is 1. The van der Waals surface area contributed by atoms with Crippen LogP contribution in [0, 0.1) is 6.92 Å². The number of anilines is 1. The predicted octanol–water partition coefficient (Wildman–Crippen LogP) is 2.33. The second kappa shape index (κ2) is 6.47. The molecule has 0 saturated carbocycles. The number of nitrogens with zero attached hydrogens (tertiary/aromatic N) is 1. The molecular weight excluding hydrogens is 334 g/mol. The van der Waals surface area contributed by atoms with E-state index in [2.05, 4.69) is 21.2 Å². The Labute approximate surface area is 134 Å². The lowest BCUT2D eigenvalue weighted by molar-refractivity contribution is -0.122. The summed E-state index contributed by atoms with van der Waals surface area (Å²) in [5.41, 5.74) is 7.29. The van der Waals surface area contributed by atoms with Crippen molar-refractivity contribution in [3.63, 3.8) is 0 Å². The Morgan fingerprint density at radius 2 is 1.90 bits per heavy atom. The number of carbonyl (C=O) groups excluding carboxylic acids is 2. The molecule has 21 heavy (non-hydrogen) atoms. The monoisotopic (exact) mass is 355 g/mol. The molecule has 0 fully saturated rings. The number of likely N-dealkylation sites (N-methyl/N-ethyl adjacent to an activating group) is 1. The van der Waals surface area contributed by atoms with Crippen LogP contribution in [0.25, 0.3) is 0 Å². The number of carbonyl (C=O) groups is 2. The lowest BCUT2D eigenvalue weighted by atomic mass is 10.1. The highest BCUT2D eigenvalue weighted by Gasteiger charge is 2.20. The van der Waals surface area contributed by atoms with Gasteiger partial charge in [0, 0.05) is 28.3 Å². The average Bonchev–Trinajstić information content (AvgIpc) is 2.30. The van der Waals surface area contributed by atoms with Gasteiger partial charge in [-0.05, 0) is 45.4 Å². The van der Waals surface area contributed by atoms with Crippen LogP contribution >= 0.6 is 15.9 Å². The van der Waals surface area contributed by atoms with E-state index in [1.807, 2.05) is 20.8 Å². The number of hydrogen-bond acceptors (Lipinski definition) is 3. The van der Waals surface area contributed by atoms with Crippen LogP contribution < -0.4 is 11.1 Å². The van der Waals surface area contributed by atoms with Gasteiger partial charge < -0.3 is 16.0 Å². The van der Waals surface area contributed by atoms with Crippen LogP contribution in [0.4, 0.5) is 5.69 Å². The molecule has 3 N–H and O–H groups in total.